The lowest BCUT2D eigenvalue weighted by Gasteiger charge is -2.09. The molecule has 3 N–H and O–H groups in total. The molecule has 0 unspecified atom stereocenters. The summed E-state index contributed by atoms with van der Waals surface area (Å²) in [6, 6.07) is 7.86. The minimum atomic E-state index is 0.0499. The predicted molar refractivity (Wildman–Crippen MR) is 67.3 cm³/mol. The average Bonchev–Trinajstić information content (AvgIpc) is 2.37. The lowest BCUT2D eigenvalue weighted by molar-refractivity contribution is -0.121. The largest absolute Gasteiger partial charge is 0.385 e. The van der Waals surface area contributed by atoms with E-state index in [1.54, 1.807) is 7.11 Å². The molecular formula is C13H20N2O2. The van der Waals surface area contributed by atoms with Gasteiger partial charge >= 0.3 is 0 Å². The number of amides is 1. The summed E-state index contributed by atoms with van der Waals surface area (Å²) >= 11 is 0. The minimum Gasteiger partial charge on any atom is -0.385 e. The average molecular weight is 236 g/mol. The van der Waals surface area contributed by atoms with Crippen molar-refractivity contribution in [3.63, 3.8) is 0 Å². The lowest BCUT2D eigenvalue weighted by Crippen LogP contribution is -2.23. The van der Waals surface area contributed by atoms with Crippen LogP contribution in [0.3, 0.4) is 0 Å². The zero-order valence-corrected chi connectivity index (χ0v) is 10.2. The molecule has 1 aromatic rings. The second-order valence-corrected chi connectivity index (χ2v) is 3.85. The summed E-state index contributed by atoms with van der Waals surface area (Å²) < 4.78 is 4.89. The lowest BCUT2D eigenvalue weighted by atomic mass is 10.1. The second-order valence-electron chi connectivity index (χ2n) is 3.85. The normalized spacial score (nSPS) is 10.2. The van der Waals surface area contributed by atoms with Crippen LogP contribution in [0.4, 0.5) is 0 Å². The van der Waals surface area contributed by atoms with E-state index in [-0.39, 0.29) is 5.91 Å². The van der Waals surface area contributed by atoms with Gasteiger partial charge in [-0.2, -0.15) is 0 Å². The fourth-order valence-corrected chi connectivity index (χ4v) is 1.59. The second kappa shape index (κ2) is 7.81. The summed E-state index contributed by atoms with van der Waals surface area (Å²) in [5, 5.41) is 2.88. The third-order valence-electron chi connectivity index (χ3n) is 2.57. The molecule has 0 aliphatic rings. The van der Waals surface area contributed by atoms with Gasteiger partial charge in [-0.25, -0.2) is 0 Å². The van der Waals surface area contributed by atoms with Gasteiger partial charge < -0.3 is 15.8 Å². The first-order valence-electron chi connectivity index (χ1n) is 5.80. The highest BCUT2D eigenvalue weighted by Crippen LogP contribution is 2.07. The first kappa shape index (κ1) is 13.7. The number of methoxy groups -OCH3 is 1. The maximum atomic E-state index is 11.5. The molecule has 0 radical (unpaired) electrons. The quantitative estimate of drug-likeness (QED) is 0.699. The Morgan fingerprint density at radius 1 is 1.35 bits per heavy atom. The third-order valence-corrected chi connectivity index (χ3v) is 2.57. The summed E-state index contributed by atoms with van der Waals surface area (Å²) in [7, 11) is 1.63. The van der Waals surface area contributed by atoms with Crippen molar-refractivity contribution < 1.29 is 9.53 Å². The molecule has 0 aromatic heterocycles. The van der Waals surface area contributed by atoms with E-state index < -0.39 is 0 Å². The van der Waals surface area contributed by atoms with Crippen molar-refractivity contribution in [3.05, 3.63) is 35.4 Å². The number of benzene rings is 1. The molecule has 0 heterocycles. The number of carbonyl (C=O) groups is 1. The fourth-order valence-electron chi connectivity index (χ4n) is 1.59. The highest BCUT2D eigenvalue weighted by Gasteiger charge is 2.03. The Bertz CT molecular complexity index is 353. The molecule has 4 nitrogen and oxygen atoms in total. The van der Waals surface area contributed by atoms with Crippen LogP contribution < -0.4 is 11.1 Å². The van der Waals surface area contributed by atoms with Gasteiger partial charge in [-0.1, -0.05) is 24.3 Å². The van der Waals surface area contributed by atoms with Gasteiger partial charge in [0.1, 0.15) is 0 Å². The summed E-state index contributed by atoms with van der Waals surface area (Å²) in [6.07, 6.45) is 1.25. The fraction of sp³-hybridized carbons (Fsp3) is 0.462. The molecular weight excluding hydrogens is 216 g/mol. The van der Waals surface area contributed by atoms with E-state index in [1.165, 1.54) is 0 Å². The highest BCUT2D eigenvalue weighted by molar-refractivity contribution is 5.75. The molecule has 94 valence electrons. The minimum absolute atomic E-state index is 0.0499. The van der Waals surface area contributed by atoms with E-state index in [9.17, 15) is 4.79 Å². The smallest absolute Gasteiger partial charge is 0.220 e. The van der Waals surface area contributed by atoms with Crippen molar-refractivity contribution in [2.45, 2.75) is 25.9 Å². The number of rotatable bonds is 7. The molecule has 0 saturated heterocycles. The maximum absolute atomic E-state index is 11.5. The monoisotopic (exact) mass is 236 g/mol. The van der Waals surface area contributed by atoms with Gasteiger partial charge in [0.2, 0.25) is 5.91 Å². The van der Waals surface area contributed by atoms with Crippen LogP contribution in [0.25, 0.3) is 0 Å². The van der Waals surface area contributed by atoms with Crippen LogP contribution in [0.2, 0.25) is 0 Å². The summed E-state index contributed by atoms with van der Waals surface area (Å²) in [4.78, 5) is 11.5. The van der Waals surface area contributed by atoms with Crippen molar-refractivity contribution in [2.75, 3.05) is 13.7 Å². The van der Waals surface area contributed by atoms with Gasteiger partial charge in [0.15, 0.2) is 0 Å². The molecule has 0 atom stereocenters. The van der Waals surface area contributed by atoms with E-state index >= 15 is 0 Å². The maximum Gasteiger partial charge on any atom is 0.220 e. The van der Waals surface area contributed by atoms with Crippen LogP contribution in [0, 0.1) is 0 Å². The summed E-state index contributed by atoms with van der Waals surface area (Å²) in [5.41, 5.74) is 7.78. The molecule has 1 amide bonds. The Morgan fingerprint density at radius 2 is 2.06 bits per heavy atom. The molecule has 17 heavy (non-hydrogen) atoms. The molecule has 1 aromatic carbocycles. The van der Waals surface area contributed by atoms with Gasteiger partial charge in [-0.05, 0) is 17.5 Å². The van der Waals surface area contributed by atoms with E-state index in [2.05, 4.69) is 5.32 Å². The van der Waals surface area contributed by atoms with Gasteiger partial charge in [-0.3, -0.25) is 4.79 Å². The van der Waals surface area contributed by atoms with E-state index in [1.807, 2.05) is 24.3 Å². The zero-order valence-electron chi connectivity index (χ0n) is 10.2. The SMILES string of the molecule is COCCCC(=O)NCc1ccccc1CN. The Labute approximate surface area is 102 Å². The number of nitrogens with one attached hydrogen (secondary N) is 1. The molecule has 0 bridgehead atoms. The van der Waals surface area contributed by atoms with Gasteiger partial charge in [-0.15, -0.1) is 0 Å². The zero-order chi connectivity index (χ0) is 12.5. The van der Waals surface area contributed by atoms with Gasteiger partial charge in [0.05, 0.1) is 0 Å². The summed E-state index contributed by atoms with van der Waals surface area (Å²) in [5.74, 6) is 0.0499. The number of hydrogen-bond donors (Lipinski definition) is 2. The van der Waals surface area contributed by atoms with Crippen molar-refractivity contribution in [3.8, 4) is 0 Å². The first-order chi connectivity index (χ1) is 8.27. The van der Waals surface area contributed by atoms with Crippen LogP contribution in [-0.4, -0.2) is 19.6 Å². The molecule has 4 heteroatoms. The molecule has 1 rings (SSSR count). The van der Waals surface area contributed by atoms with Crippen LogP contribution in [0.5, 0.6) is 0 Å². The Morgan fingerprint density at radius 3 is 2.71 bits per heavy atom. The number of hydrogen-bond acceptors (Lipinski definition) is 3. The van der Waals surface area contributed by atoms with Crippen molar-refractivity contribution in [2.24, 2.45) is 5.73 Å². The van der Waals surface area contributed by atoms with Crippen molar-refractivity contribution >= 4 is 5.91 Å². The van der Waals surface area contributed by atoms with Gasteiger partial charge in [0, 0.05) is 33.2 Å². The Balaban J connectivity index is 2.36. The Kier molecular flexibility index (Phi) is 6.29. The van der Waals surface area contributed by atoms with Gasteiger partial charge in [0.25, 0.3) is 0 Å². The topological polar surface area (TPSA) is 64.3 Å². The highest BCUT2D eigenvalue weighted by atomic mass is 16.5. The van der Waals surface area contributed by atoms with Crippen LogP contribution in [0.15, 0.2) is 24.3 Å². The summed E-state index contributed by atoms with van der Waals surface area (Å²) in [6.45, 7) is 1.65. The standard InChI is InChI=1S/C13H20N2O2/c1-17-8-4-7-13(16)15-10-12-6-3-2-5-11(12)9-14/h2-3,5-6H,4,7-10,14H2,1H3,(H,15,16). The number of carbonyl (C=O) groups excluding carboxylic acids is 1. The van der Waals surface area contributed by atoms with Crippen LogP contribution >= 0.6 is 0 Å². The Hall–Kier alpha value is -1.39. The molecule has 0 spiro atoms. The molecule has 0 saturated carbocycles. The molecule has 0 aliphatic carbocycles. The van der Waals surface area contributed by atoms with Crippen molar-refractivity contribution in [1.82, 2.24) is 5.32 Å². The number of nitrogens with two attached hydrogens (primary N) is 1. The van der Waals surface area contributed by atoms with Crippen LogP contribution in [0.1, 0.15) is 24.0 Å². The van der Waals surface area contributed by atoms with E-state index in [0.717, 1.165) is 17.5 Å². The molecule has 0 fully saturated rings. The number of ether oxygens (including phenoxy) is 1. The van der Waals surface area contributed by atoms with E-state index in [4.69, 9.17) is 10.5 Å². The van der Waals surface area contributed by atoms with Crippen molar-refractivity contribution in [1.29, 1.82) is 0 Å². The predicted octanol–water partition coefficient (Wildman–Crippen LogP) is 1.19. The first-order valence-corrected chi connectivity index (χ1v) is 5.80. The van der Waals surface area contributed by atoms with Crippen LogP contribution in [-0.2, 0) is 22.6 Å². The van der Waals surface area contributed by atoms with E-state index in [0.29, 0.717) is 26.1 Å². The molecule has 0 aliphatic heterocycles. The third kappa shape index (κ3) is 4.97.